The molecule has 0 aliphatic carbocycles. The van der Waals surface area contributed by atoms with Gasteiger partial charge in [0.15, 0.2) is 5.34 Å². The van der Waals surface area contributed by atoms with Crippen LogP contribution in [0, 0.1) is 6.92 Å². The first-order chi connectivity index (χ1) is 10.5. The Labute approximate surface area is 135 Å². The molecule has 0 atom stereocenters. The molecule has 0 unspecified atom stereocenters. The number of aromatic hydroxyl groups is 1. The summed E-state index contributed by atoms with van der Waals surface area (Å²) in [6, 6.07) is 3.60. The molecule has 7 nitrogen and oxygen atoms in total. The molecular formula is C14H19O7PS. The number of rotatable bonds is 8. The zero-order valence-corrected chi connectivity index (χ0v) is 14.3. The third-order valence-corrected chi connectivity index (χ3v) is 6.32. The molecule has 1 rings (SSSR count). The van der Waals surface area contributed by atoms with Crippen molar-refractivity contribution in [3.8, 4) is 5.75 Å². The van der Waals surface area contributed by atoms with Crippen molar-refractivity contribution in [2.24, 2.45) is 0 Å². The molecule has 0 spiro atoms. The second-order valence-electron chi connectivity index (χ2n) is 4.96. The van der Waals surface area contributed by atoms with Crippen molar-refractivity contribution in [2.45, 2.75) is 30.0 Å². The maximum Gasteiger partial charge on any atom is 0.359 e. The quantitative estimate of drug-likeness (QED) is 0.369. The molecule has 0 aliphatic heterocycles. The average molecular weight is 362 g/mol. The summed E-state index contributed by atoms with van der Waals surface area (Å²) < 4.78 is 41.7. The normalized spacial score (nSPS) is 12.8. The number of phenols is 1. The van der Waals surface area contributed by atoms with Crippen LogP contribution in [0.5, 0.6) is 5.75 Å². The Morgan fingerprint density at radius 3 is 2.22 bits per heavy atom. The summed E-state index contributed by atoms with van der Waals surface area (Å²) in [4.78, 5) is 18.8. The fraction of sp³-hybridized carbons (Fsp3) is 0.286. The van der Waals surface area contributed by atoms with Crippen LogP contribution >= 0.6 is 7.60 Å². The highest BCUT2D eigenvalue weighted by molar-refractivity contribution is 7.87. The molecule has 1 aromatic carbocycles. The van der Waals surface area contributed by atoms with Gasteiger partial charge in [0.05, 0.1) is 0 Å². The number of phenolic OH excluding ortho intramolecular Hbond substituents is 1. The fourth-order valence-electron chi connectivity index (χ4n) is 2.00. The van der Waals surface area contributed by atoms with E-state index in [4.69, 9.17) is 4.18 Å². The van der Waals surface area contributed by atoms with Crippen LogP contribution in [0.4, 0.5) is 0 Å². The standard InChI is InChI=1S/C14H19O7PS/c1-4-8-14(9-5-2,22(16,17)18)21-23(19,20)13-10-12(15)7-6-11(13)3/h4-7,10,15H,1-2,8-9H2,3H3,(H2,16,17,18). The molecular weight excluding hydrogens is 343 g/mol. The molecule has 9 heteroatoms. The van der Waals surface area contributed by atoms with Gasteiger partial charge in [-0.15, -0.1) is 13.2 Å². The summed E-state index contributed by atoms with van der Waals surface area (Å²) in [6.45, 7) is 8.23. The molecule has 3 N–H and O–H groups in total. The summed E-state index contributed by atoms with van der Waals surface area (Å²) in [6.07, 6.45) is 1.52. The van der Waals surface area contributed by atoms with Gasteiger partial charge in [0.25, 0.3) is 10.1 Å². The molecule has 23 heavy (non-hydrogen) atoms. The summed E-state index contributed by atoms with van der Waals surface area (Å²) in [5.41, 5.74) is 0.264. The molecule has 0 aromatic heterocycles. The van der Waals surface area contributed by atoms with Crippen LogP contribution in [0.3, 0.4) is 0 Å². The fourth-order valence-corrected chi connectivity index (χ4v) is 4.77. The Kier molecular flexibility index (Phi) is 5.95. The Bertz CT molecular complexity index is 738. The van der Waals surface area contributed by atoms with Gasteiger partial charge in [-0.2, -0.15) is 8.42 Å². The summed E-state index contributed by atoms with van der Waals surface area (Å²) >= 11 is 0. The largest absolute Gasteiger partial charge is 0.508 e. The first kappa shape index (κ1) is 19.6. The van der Waals surface area contributed by atoms with Crippen LogP contribution in [0.2, 0.25) is 0 Å². The van der Waals surface area contributed by atoms with E-state index in [9.17, 15) is 27.9 Å². The van der Waals surface area contributed by atoms with Crippen LogP contribution in [-0.4, -0.2) is 28.7 Å². The predicted molar refractivity (Wildman–Crippen MR) is 85.5 cm³/mol. The molecule has 0 amide bonds. The first-order valence-electron chi connectivity index (χ1n) is 6.52. The van der Waals surface area contributed by atoms with E-state index in [1.165, 1.54) is 19.1 Å². The van der Waals surface area contributed by atoms with Crippen LogP contribution in [-0.2, 0) is 18.9 Å². The molecule has 0 fully saturated rings. The van der Waals surface area contributed by atoms with Gasteiger partial charge in [-0.25, -0.2) is 4.18 Å². The van der Waals surface area contributed by atoms with Crippen molar-refractivity contribution < 1.29 is 32.1 Å². The van der Waals surface area contributed by atoms with Crippen molar-refractivity contribution in [3.63, 3.8) is 0 Å². The summed E-state index contributed by atoms with van der Waals surface area (Å²) in [7, 11) is -9.54. The second kappa shape index (κ2) is 6.98. The number of hydrogen-bond acceptors (Lipinski definition) is 5. The average Bonchev–Trinajstić information content (AvgIpc) is 2.40. The van der Waals surface area contributed by atoms with Crippen molar-refractivity contribution in [3.05, 3.63) is 49.1 Å². The third kappa shape index (κ3) is 4.31. The Hall–Kier alpha value is -1.44. The van der Waals surface area contributed by atoms with Gasteiger partial charge in [-0.1, -0.05) is 18.2 Å². The van der Waals surface area contributed by atoms with Crippen molar-refractivity contribution >= 4 is 17.7 Å². The molecule has 0 bridgehead atoms. The Morgan fingerprint density at radius 2 is 1.78 bits per heavy atom. The van der Waals surface area contributed by atoms with Crippen molar-refractivity contribution in [1.82, 2.24) is 0 Å². The Balaban J connectivity index is 3.47. The molecule has 1 aromatic rings. The van der Waals surface area contributed by atoms with Crippen LogP contribution in [0.1, 0.15) is 18.4 Å². The third-order valence-electron chi connectivity index (χ3n) is 3.16. The van der Waals surface area contributed by atoms with E-state index in [1.54, 1.807) is 0 Å². The lowest BCUT2D eigenvalue weighted by Crippen LogP contribution is -2.34. The zero-order chi connectivity index (χ0) is 17.9. The lowest BCUT2D eigenvalue weighted by atomic mass is 10.2. The minimum absolute atomic E-state index is 0.264. The van der Waals surface area contributed by atoms with Gasteiger partial charge in [-0.3, -0.25) is 4.57 Å². The maximum atomic E-state index is 12.5. The van der Waals surface area contributed by atoms with E-state index in [-0.39, 0.29) is 16.2 Å². The monoisotopic (exact) mass is 362 g/mol. The van der Waals surface area contributed by atoms with Gasteiger partial charge >= 0.3 is 7.60 Å². The molecule has 0 heterocycles. The van der Waals surface area contributed by atoms with Gasteiger partial charge in [0.2, 0.25) is 0 Å². The summed E-state index contributed by atoms with van der Waals surface area (Å²) in [5, 5.41) is 7.13. The second-order valence-corrected chi connectivity index (χ2v) is 8.38. The predicted octanol–water partition coefficient (Wildman–Crippen LogP) is 2.43. The number of aryl methyl sites for hydroxylation is 1. The number of benzene rings is 1. The lowest BCUT2D eigenvalue weighted by Gasteiger charge is -2.31. The minimum Gasteiger partial charge on any atom is -0.508 e. The summed E-state index contributed by atoms with van der Waals surface area (Å²) in [5.74, 6) is -0.313. The van der Waals surface area contributed by atoms with E-state index in [1.807, 2.05) is 0 Å². The molecule has 0 saturated heterocycles. The number of hydrogen-bond donors (Lipinski definition) is 3. The Morgan fingerprint density at radius 1 is 1.26 bits per heavy atom. The van der Waals surface area contributed by atoms with Gasteiger partial charge in [0.1, 0.15) is 10.6 Å². The van der Waals surface area contributed by atoms with E-state index in [2.05, 4.69) is 13.2 Å². The van der Waals surface area contributed by atoms with Crippen LogP contribution in [0.15, 0.2) is 48.4 Å². The zero-order valence-electron chi connectivity index (χ0n) is 12.5. The molecule has 0 saturated carbocycles. The first-order valence-corrected chi connectivity index (χ1v) is 9.54. The topological polar surface area (TPSA) is 121 Å². The van der Waals surface area contributed by atoms with Crippen molar-refractivity contribution in [1.29, 1.82) is 0 Å². The molecule has 0 radical (unpaired) electrons. The smallest absolute Gasteiger partial charge is 0.359 e. The van der Waals surface area contributed by atoms with Gasteiger partial charge in [0, 0.05) is 18.9 Å². The van der Waals surface area contributed by atoms with E-state index >= 15 is 0 Å². The highest BCUT2D eigenvalue weighted by Gasteiger charge is 2.50. The van der Waals surface area contributed by atoms with Crippen LogP contribution in [0.25, 0.3) is 0 Å². The SMILES string of the molecule is C=CCC(CC=C)(OS(=O)(=O)c1cc(O)ccc1C)P(=O)(O)O. The van der Waals surface area contributed by atoms with Gasteiger partial charge in [-0.05, 0) is 18.6 Å². The van der Waals surface area contributed by atoms with Crippen molar-refractivity contribution in [2.75, 3.05) is 0 Å². The highest BCUT2D eigenvalue weighted by atomic mass is 32.2. The lowest BCUT2D eigenvalue weighted by molar-refractivity contribution is 0.128. The molecule has 128 valence electrons. The van der Waals surface area contributed by atoms with E-state index in [0.717, 1.165) is 18.2 Å². The van der Waals surface area contributed by atoms with Crippen LogP contribution < -0.4 is 0 Å². The van der Waals surface area contributed by atoms with E-state index < -0.39 is 35.9 Å². The molecule has 0 aliphatic rings. The highest BCUT2D eigenvalue weighted by Crippen LogP contribution is 2.56. The maximum absolute atomic E-state index is 12.5. The van der Waals surface area contributed by atoms with E-state index in [0.29, 0.717) is 0 Å². The van der Waals surface area contributed by atoms with Gasteiger partial charge < -0.3 is 14.9 Å². The minimum atomic E-state index is -4.99.